The van der Waals surface area contributed by atoms with E-state index in [0.29, 0.717) is 0 Å². The predicted molar refractivity (Wildman–Crippen MR) is 63.4 cm³/mol. The molecule has 1 rings (SSSR count). The molecule has 100 valence electrons. The van der Waals surface area contributed by atoms with Crippen LogP contribution < -0.4 is 5.73 Å². The standard InChI is InChI=1S/C11H13ClFNO4/c1-18-8(16)4-7(15)11(17)5-2-3-6(14)10(13)9(5)12/h2-3,7,11,15,17H,4,14H2,1H3. The van der Waals surface area contributed by atoms with Crippen LogP contribution >= 0.6 is 11.6 Å². The number of benzene rings is 1. The quantitative estimate of drug-likeness (QED) is 0.564. The molecule has 2 atom stereocenters. The van der Waals surface area contributed by atoms with Crippen molar-refractivity contribution >= 4 is 23.3 Å². The zero-order chi connectivity index (χ0) is 13.9. The number of aliphatic hydroxyl groups is 2. The van der Waals surface area contributed by atoms with E-state index >= 15 is 0 Å². The van der Waals surface area contributed by atoms with Crippen molar-refractivity contribution in [2.45, 2.75) is 18.6 Å². The molecule has 2 unspecified atom stereocenters. The second-order valence-corrected chi connectivity index (χ2v) is 4.04. The molecular formula is C11H13ClFNO4. The lowest BCUT2D eigenvalue weighted by Crippen LogP contribution is -2.23. The summed E-state index contributed by atoms with van der Waals surface area (Å²) in [7, 11) is 1.15. The molecule has 0 bridgehead atoms. The zero-order valence-corrected chi connectivity index (χ0v) is 10.3. The minimum Gasteiger partial charge on any atom is -0.469 e. The zero-order valence-electron chi connectivity index (χ0n) is 9.56. The number of carbonyl (C=O) groups is 1. The van der Waals surface area contributed by atoms with Gasteiger partial charge in [0.25, 0.3) is 0 Å². The lowest BCUT2D eigenvalue weighted by Gasteiger charge is -2.18. The minimum absolute atomic E-state index is 0.0419. The van der Waals surface area contributed by atoms with Crippen LogP contribution in [0.4, 0.5) is 10.1 Å². The van der Waals surface area contributed by atoms with Crippen molar-refractivity contribution in [1.29, 1.82) is 0 Å². The highest BCUT2D eigenvalue weighted by Crippen LogP contribution is 2.31. The fraction of sp³-hybridized carbons (Fsp3) is 0.364. The Labute approximate surface area is 108 Å². The topological polar surface area (TPSA) is 92.8 Å². The molecule has 0 spiro atoms. The molecule has 4 N–H and O–H groups in total. The van der Waals surface area contributed by atoms with E-state index in [0.717, 1.165) is 7.11 Å². The highest BCUT2D eigenvalue weighted by Gasteiger charge is 2.25. The summed E-state index contributed by atoms with van der Waals surface area (Å²) in [6.07, 6.45) is -3.38. The molecule has 0 saturated carbocycles. The molecule has 0 heterocycles. The van der Waals surface area contributed by atoms with Crippen LogP contribution in [-0.2, 0) is 9.53 Å². The van der Waals surface area contributed by atoms with Gasteiger partial charge in [-0.25, -0.2) is 4.39 Å². The Bertz CT molecular complexity index is 455. The van der Waals surface area contributed by atoms with Gasteiger partial charge in [0.15, 0.2) is 5.82 Å². The number of ether oxygens (including phenoxy) is 1. The third-order valence-electron chi connectivity index (χ3n) is 2.43. The van der Waals surface area contributed by atoms with Crippen molar-refractivity contribution in [2.24, 2.45) is 0 Å². The molecule has 0 aliphatic rings. The SMILES string of the molecule is COC(=O)CC(O)C(O)c1ccc(N)c(F)c1Cl. The number of methoxy groups -OCH3 is 1. The highest BCUT2D eigenvalue weighted by atomic mass is 35.5. The number of halogens is 2. The van der Waals surface area contributed by atoms with Gasteiger partial charge in [0.1, 0.15) is 6.10 Å². The van der Waals surface area contributed by atoms with Crippen LogP contribution in [0.2, 0.25) is 5.02 Å². The first-order chi connectivity index (χ1) is 8.38. The van der Waals surface area contributed by atoms with Crippen molar-refractivity contribution in [2.75, 3.05) is 12.8 Å². The van der Waals surface area contributed by atoms with Crippen LogP contribution in [0.3, 0.4) is 0 Å². The molecule has 1 aromatic carbocycles. The Morgan fingerprint density at radius 2 is 2.17 bits per heavy atom. The summed E-state index contributed by atoms with van der Waals surface area (Å²) in [4.78, 5) is 10.9. The van der Waals surface area contributed by atoms with E-state index in [9.17, 15) is 19.4 Å². The molecule has 0 aromatic heterocycles. The predicted octanol–water partition coefficient (Wildman–Crippen LogP) is 1.02. The molecule has 18 heavy (non-hydrogen) atoms. The molecule has 0 aliphatic heterocycles. The van der Waals surface area contributed by atoms with Gasteiger partial charge in [-0.3, -0.25) is 4.79 Å². The average molecular weight is 278 g/mol. The second kappa shape index (κ2) is 5.99. The maximum atomic E-state index is 13.4. The van der Waals surface area contributed by atoms with Crippen LogP contribution in [0.1, 0.15) is 18.1 Å². The maximum absolute atomic E-state index is 13.4. The summed E-state index contributed by atoms with van der Waals surface area (Å²) in [5, 5.41) is 19.0. The number of rotatable bonds is 4. The highest BCUT2D eigenvalue weighted by molar-refractivity contribution is 6.31. The van der Waals surface area contributed by atoms with Crippen LogP contribution in [-0.4, -0.2) is 29.4 Å². The lowest BCUT2D eigenvalue weighted by molar-refractivity contribution is -0.144. The molecular weight excluding hydrogens is 265 g/mol. The summed E-state index contributed by atoms with van der Waals surface area (Å²) in [6.45, 7) is 0. The average Bonchev–Trinajstić information content (AvgIpc) is 2.35. The van der Waals surface area contributed by atoms with Gasteiger partial charge in [-0.1, -0.05) is 17.7 Å². The number of nitrogens with two attached hydrogens (primary N) is 1. The lowest BCUT2D eigenvalue weighted by atomic mass is 10.0. The van der Waals surface area contributed by atoms with Crippen LogP contribution in [0.25, 0.3) is 0 Å². The Morgan fingerprint density at radius 3 is 2.72 bits per heavy atom. The van der Waals surface area contributed by atoms with Gasteiger partial charge in [-0.05, 0) is 6.07 Å². The van der Waals surface area contributed by atoms with Crippen molar-refractivity contribution in [3.8, 4) is 0 Å². The molecule has 0 amide bonds. The third-order valence-corrected chi connectivity index (χ3v) is 2.81. The number of hydrogen-bond donors (Lipinski definition) is 3. The van der Waals surface area contributed by atoms with Crippen LogP contribution in [0.5, 0.6) is 0 Å². The first-order valence-electron chi connectivity index (χ1n) is 5.04. The van der Waals surface area contributed by atoms with E-state index in [-0.39, 0.29) is 16.3 Å². The number of aliphatic hydroxyl groups excluding tert-OH is 2. The summed E-state index contributed by atoms with van der Waals surface area (Å²) >= 11 is 5.67. The fourth-order valence-corrected chi connectivity index (χ4v) is 1.66. The summed E-state index contributed by atoms with van der Waals surface area (Å²) in [5.41, 5.74) is 5.08. The molecule has 7 heteroatoms. The first-order valence-corrected chi connectivity index (χ1v) is 5.42. The second-order valence-electron chi connectivity index (χ2n) is 3.66. The number of carbonyl (C=O) groups excluding carboxylic acids is 1. The van der Waals surface area contributed by atoms with Crippen LogP contribution in [0, 0.1) is 5.82 Å². The number of anilines is 1. The Kier molecular flexibility index (Phi) is 4.89. The number of hydrogen-bond acceptors (Lipinski definition) is 5. The number of esters is 1. The smallest absolute Gasteiger partial charge is 0.308 e. The molecule has 0 saturated heterocycles. The largest absolute Gasteiger partial charge is 0.469 e. The van der Waals surface area contributed by atoms with Crippen molar-refractivity contribution in [3.05, 3.63) is 28.5 Å². The van der Waals surface area contributed by atoms with E-state index < -0.39 is 30.4 Å². The van der Waals surface area contributed by atoms with Crippen molar-refractivity contribution in [3.63, 3.8) is 0 Å². The maximum Gasteiger partial charge on any atom is 0.308 e. The molecule has 0 aliphatic carbocycles. The van der Waals surface area contributed by atoms with Crippen LogP contribution in [0.15, 0.2) is 12.1 Å². The first kappa shape index (κ1) is 14.7. The number of nitrogen functional groups attached to an aromatic ring is 1. The van der Waals surface area contributed by atoms with Crippen molar-refractivity contribution < 1.29 is 24.1 Å². The molecule has 0 fully saturated rings. The third kappa shape index (κ3) is 3.10. The van der Waals surface area contributed by atoms with Gasteiger partial charge in [0, 0.05) is 5.56 Å². The normalized spacial score (nSPS) is 14.1. The van der Waals surface area contributed by atoms with Gasteiger partial charge in [0.2, 0.25) is 0 Å². The molecule has 1 aromatic rings. The van der Waals surface area contributed by atoms with E-state index in [1.807, 2.05) is 0 Å². The summed E-state index contributed by atoms with van der Waals surface area (Å²) in [5.74, 6) is -1.58. The Hall–Kier alpha value is -1.37. The van der Waals surface area contributed by atoms with E-state index in [4.69, 9.17) is 17.3 Å². The van der Waals surface area contributed by atoms with Gasteiger partial charge in [-0.15, -0.1) is 0 Å². The van der Waals surface area contributed by atoms with Gasteiger partial charge in [0.05, 0.1) is 30.3 Å². The van der Waals surface area contributed by atoms with E-state index in [1.54, 1.807) is 0 Å². The van der Waals surface area contributed by atoms with Crippen molar-refractivity contribution in [1.82, 2.24) is 0 Å². The van der Waals surface area contributed by atoms with Gasteiger partial charge >= 0.3 is 5.97 Å². The molecule has 5 nitrogen and oxygen atoms in total. The molecule has 0 radical (unpaired) electrons. The summed E-state index contributed by atoms with van der Waals surface area (Å²) in [6, 6.07) is 2.50. The van der Waals surface area contributed by atoms with E-state index in [2.05, 4.69) is 4.74 Å². The summed E-state index contributed by atoms with van der Waals surface area (Å²) < 4.78 is 17.7. The monoisotopic (exact) mass is 277 g/mol. The van der Waals surface area contributed by atoms with E-state index in [1.165, 1.54) is 12.1 Å². The van der Waals surface area contributed by atoms with Gasteiger partial charge < -0.3 is 20.7 Å². The Morgan fingerprint density at radius 1 is 1.56 bits per heavy atom. The van der Waals surface area contributed by atoms with Gasteiger partial charge in [-0.2, -0.15) is 0 Å². The minimum atomic E-state index is -1.51. The fourth-order valence-electron chi connectivity index (χ4n) is 1.38. The Balaban J connectivity index is 2.93.